The summed E-state index contributed by atoms with van der Waals surface area (Å²) in [6.45, 7) is -0.599. The average molecular weight is 412 g/mol. The van der Waals surface area contributed by atoms with E-state index >= 15 is 8.78 Å². The summed E-state index contributed by atoms with van der Waals surface area (Å²) in [5.41, 5.74) is -3.47. The van der Waals surface area contributed by atoms with Crippen LogP contribution in [-0.4, -0.2) is 30.3 Å². The van der Waals surface area contributed by atoms with Crippen LogP contribution in [0.1, 0.15) is 11.3 Å². The number of benzene rings is 1. The van der Waals surface area contributed by atoms with Gasteiger partial charge < -0.3 is 5.11 Å². The molecule has 1 unspecified atom stereocenters. The second-order valence-corrected chi connectivity index (χ2v) is 6.56. The van der Waals surface area contributed by atoms with E-state index in [9.17, 15) is 9.50 Å². The van der Waals surface area contributed by atoms with Crippen molar-refractivity contribution in [3.05, 3.63) is 58.1 Å². The van der Waals surface area contributed by atoms with E-state index in [-0.39, 0.29) is 17.0 Å². The van der Waals surface area contributed by atoms with Crippen molar-refractivity contribution in [3.8, 4) is 11.4 Å². The SMILES string of the molecule is OC1(C(F)(F)c2ccc(Br)cn2)Cn2nnnc2-c2cc(F)ccc21. The van der Waals surface area contributed by atoms with E-state index in [1.165, 1.54) is 12.3 Å². The Labute approximate surface area is 147 Å². The minimum Gasteiger partial charge on any atom is -0.377 e. The predicted molar refractivity (Wildman–Crippen MR) is 82.9 cm³/mol. The van der Waals surface area contributed by atoms with Crippen molar-refractivity contribution in [2.45, 2.75) is 18.1 Å². The lowest BCUT2D eigenvalue weighted by Gasteiger charge is -2.39. The van der Waals surface area contributed by atoms with Gasteiger partial charge in [-0.15, -0.1) is 5.10 Å². The molecule has 2 aromatic heterocycles. The van der Waals surface area contributed by atoms with Gasteiger partial charge in [-0.3, -0.25) is 4.98 Å². The minimum atomic E-state index is -3.77. The van der Waals surface area contributed by atoms with E-state index in [0.717, 1.165) is 28.9 Å². The lowest BCUT2D eigenvalue weighted by Crippen LogP contribution is -2.49. The number of halogens is 4. The van der Waals surface area contributed by atoms with Gasteiger partial charge in [0.1, 0.15) is 11.5 Å². The first-order chi connectivity index (χ1) is 11.8. The maximum Gasteiger partial charge on any atom is 0.323 e. The molecule has 1 N–H and O–H groups in total. The summed E-state index contributed by atoms with van der Waals surface area (Å²) >= 11 is 3.13. The Hall–Kier alpha value is -2.33. The Morgan fingerprint density at radius 1 is 1.24 bits per heavy atom. The summed E-state index contributed by atoms with van der Waals surface area (Å²) in [5, 5.41) is 21.8. The number of aromatic nitrogens is 5. The average Bonchev–Trinajstić information content (AvgIpc) is 3.03. The predicted octanol–water partition coefficient (Wildman–Crippen LogP) is 2.63. The molecule has 1 aliphatic heterocycles. The molecule has 0 amide bonds. The summed E-state index contributed by atoms with van der Waals surface area (Å²) in [7, 11) is 0. The maximum atomic E-state index is 15.2. The molecule has 0 saturated heterocycles. The van der Waals surface area contributed by atoms with E-state index in [2.05, 4.69) is 36.4 Å². The van der Waals surface area contributed by atoms with Crippen LogP contribution in [-0.2, 0) is 18.1 Å². The fourth-order valence-electron chi connectivity index (χ4n) is 2.91. The summed E-state index contributed by atoms with van der Waals surface area (Å²) < 4.78 is 45.7. The van der Waals surface area contributed by atoms with Crippen molar-refractivity contribution in [2.24, 2.45) is 0 Å². The number of hydrogen-bond donors (Lipinski definition) is 1. The fraction of sp³-hybridized carbons (Fsp3) is 0.200. The normalized spacial score (nSPS) is 19.4. The van der Waals surface area contributed by atoms with Gasteiger partial charge in [0.2, 0.25) is 0 Å². The molecule has 0 fully saturated rings. The third-order valence-corrected chi connectivity index (χ3v) is 4.62. The van der Waals surface area contributed by atoms with E-state index in [4.69, 9.17) is 0 Å². The van der Waals surface area contributed by atoms with E-state index < -0.39 is 29.6 Å². The highest BCUT2D eigenvalue weighted by molar-refractivity contribution is 9.10. The number of hydrogen-bond acceptors (Lipinski definition) is 5. The molecule has 0 saturated carbocycles. The topological polar surface area (TPSA) is 76.7 Å². The van der Waals surface area contributed by atoms with Gasteiger partial charge in [0.05, 0.1) is 6.54 Å². The minimum absolute atomic E-state index is 0.00976. The number of alkyl halides is 2. The Morgan fingerprint density at radius 3 is 2.76 bits per heavy atom. The number of nitrogens with zero attached hydrogens (tertiary/aromatic N) is 5. The van der Waals surface area contributed by atoms with Crippen LogP contribution in [0.15, 0.2) is 41.0 Å². The molecule has 3 aromatic rings. The molecular formula is C15H9BrF3N5O. The largest absolute Gasteiger partial charge is 0.377 e. The van der Waals surface area contributed by atoms with Crippen LogP contribution in [0.4, 0.5) is 13.2 Å². The number of rotatable bonds is 2. The summed E-state index contributed by atoms with van der Waals surface area (Å²) in [5.74, 6) is -4.31. The second-order valence-electron chi connectivity index (χ2n) is 5.65. The Balaban J connectivity index is 1.94. The fourth-order valence-corrected chi connectivity index (χ4v) is 3.14. The summed E-state index contributed by atoms with van der Waals surface area (Å²) in [6.07, 6.45) is 1.21. The number of fused-ring (bicyclic) bond motifs is 3. The molecule has 25 heavy (non-hydrogen) atoms. The van der Waals surface area contributed by atoms with Crippen molar-refractivity contribution < 1.29 is 18.3 Å². The van der Waals surface area contributed by atoms with Crippen molar-refractivity contribution >= 4 is 15.9 Å². The Bertz CT molecular complexity index is 962. The summed E-state index contributed by atoms with van der Waals surface area (Å²) in [6, 6.07) is 5.66. The van der Waals surface area contributed by atoms with Gasteiger partial charge in [0.25, 0.3) is 0 Å². The smallest absolute Gasteiger partial charge is 0.323 e. The molecule has 1 aliphatic rings. The third kappa shape index (κ3) is 2.28. The monoisotopic (exact) mass is 411 g/mol. The number of tetrazole rings is 1. The Morgan fingerprint density at radius 2 is 2.04 bits per heavy atom. The van der Waals surface area contributed by atoms with Crippen molar-refractivity contribution in [1.29, 1.82) is 0 Å². The van der Waals surface area contributed by atoms with Gasteiger partial charge in [0.15, 0.2) is 11.4 Å². The molecule has 0 aliphatic carbocycles. The van der Waals surface area contributed by atoms with Crippen LogP contribution in [0.5, 0.6) is 0 Å². The first-order valence-corrected chi connectivity index (χ1v) is 7.91. The number of pyridine rings is 1. The van der Waals surface area contributed by atoms with Crippen LogP contribution >= 0.6 is 15.9 Å². The van der Waals surface area contributed by atoms with Crippen LogP contribution in [0.25, 0.3) is 11.4 Å². The van der Waals surface area contributed by atoms with Gasteiger partial charge >= 0.3 is 5.92 Å². The van der Waals surface area contributed by atoms with Gasteiger partial charge in [-0.25, -0.2) is 9.07 Å². The zero-order chi connectivity index (χ0) is 17.8. The van der Waals surface area contributed by atoms with Gasteiger partial charge in [-0.05, 0) is 50.6 Å². The number of aliphatic hydroxyl groups is 1. The molecule has 0 radical (unpaired) electrons. The standard InChI is InChI=1S/C15H9BrF3N5O/c16-8-1-4-12(20-6-8)15(18,19)14(25)7-24-13(21-22-23-24)10-5-9(17)2-3-11(10)14/h1-6,25H,7H2. The first kappa shape index (κ1) is 16.2. The van der Waals surface area contributed by atoms with E-state index in [1.54, 1.807) is 0 Å². The zero-order valence-corrected chi connectivity index (χ0v) is 14.0. The summed E-state index contributed by atoms with van der Waals surface area (Å²) in [4.78, 5) is 3.71. The molecule has 6 nitrogen and oxygen atoms in total. The molecule has 3 heterocycles. The molecular weight excluding hydrogens is 403 g/mol. The highest BCUT2D eigenvalue weighted by atomic mass is 79.9. The molecule has 128 valence electrons. The van der Waals surface area contributed by atoms with E-state index in [0.29, 0.717) is 4.47 Å². The highest BCUT2D eigenvalue weighted by Crippen LogP contribution is 2.50. The van der Waals surface area contributed by atoms with Gasteiger partial charge in [-0.1, -0.05) is 6.07 Å². The maximum absolute atomic E-state index is 15.2. The quantitative estimate of drug-likeness (QED) is 0.701. The van der Waals surface area contributed by atoms with E-state index in [1.807, 2.05) is 0 Å². The van der Waals surface area contributed by atoms with Crippen LogP contribution in [0.2, 0.25) is 0 Å². The van der Waals surface area contributed by atoms with Gasteiger partial charge in [0, 0.05) is 21.8 Å². The lowest BCUT2D eigenvalue weighted by molar-refractivity contribution is -0.207. The molecule has 0 bridgehead atoms. The highest BCUT2D eigenvalue weighted by Gasteiger charge is 2.59. The van der Waals surface area contributed by atoms with Crippen LogP contribution < -0.4 is 0 Å². The third-order valence-electron chi connectivity index (χ3n) is 4.15. The second kappa shape index (κ2) is 5.33. The molecule has 1 aromatic carbocycles. The zero-order valence-electron chi connectivity index (χ0n) is 12.4. The molecule has 10 heteroatoms. The van der Waals surface area contributed by atoms with Crippen molar-refractivity contribution in [3.63, 3.8) is 0 Å². The molecule has 4 rings (SSSR count). The van der Waals surface area contributed by atoms with Crippen LogP contribution in [0, 0.1) is 5.82 Å². The molecule has 0 spiro atoms. The van der Waals surface area contributed by atoms with Gasteiger partial charge in [-0.2, -0.15) is 8.78 Å². The molecule has 1 atom stereocenters. The first-order valence-electron chi connectivity index (χ1n) is 7.12. The van der Waals surface area contributed by atoms with Crippen molar-refractivity contribution in [1.82, 2.24) is 25.2 Å². The van der Waals surface area contributed by atoms with Crippen molar-refractivity contribution in [2.75, 3.05) is 0 Å². The lowest BCUT2D eigenvalue weighted by atomic mass is 9.80. The van der Waals surface area contributed by atoms with Crippen LogP contribution in [0.3, 0.4) is 0 Å². The Kier molecular flexibility index (Phi) is 3.45.